The van der Waals surface area contributed by atoms with Gasteiger partial charge in [0.25, 0.3) is 0 Å². The average molecular weight is 203 g/mol. The molecule has 0 fully saturated rings. The Bertz CT molecular complexity index is 471. The molecule has 0 aliphatic carbocycles. The van der Waals surface area contributed by atoms with Crippen molar-refractivity contribution in [2.75, 3.05) is 0 Å². The Hall–Kier alpha value is -1.35. The Morgan fingerprint density at radius 3 is 2.53 bits per heavy atom. The summed E-state index contributed by atoms with van der Waals surface area (Å²) in [6, 6.07) is 8.11. The summed E-state index contributed by atoms with van der Waals surface area (Å²) in [5.74, 6) is 1.37. The molecule has 0 amide bonds. The van der Waals surface area contributed by atoms with Crippen molar-refractivity contribution < 1.29 is 0 Å². The monoisotopic (exact) mass is 203 g/mol. The van der Waals surface area contributed by atoms with E-state index in [0.717, 1.165) is 16.9 Å². The predicted octanol–water partition coefficient (Wildman–Crippen LogP) is 2.23. The lowest BCUT2D eigenvalue weighted by Crippen LogP contribution is -2.20. The Balaban J connectivity index is 2.58. The topological polar surface area (TPSA) is 43.8 Å². The van der Waals surface area contributed by atoms with Crippen molar-refractivity contribution in [1.82, 2.24) is 9.55 Å². The molecule has 2 rings (SSSR count). The first-order valence-corrected chi connectivity index (χ1v) is 5.28. The van der Waals surface area contributed by atoms with Crippen molar-refractivity contribution >= 4 is 11.0 Å². The molecule has 3 heteroatoms. The van der Waals surface area contributed by atoms with Crippen LogP contribution in [0.15, 0.2) is 24.3 Å². The third kappa shape index (κ3) is 1.63. The van der Waals surface area contributed by atoms with Crippen LogP contribution in [0.25, 0.3) is 11.0 Å². The number of hydrogen-bond acceptors (Lipinski definition) is 2. The van der Waals surface area contributed by atoms with Gasteiger partial charge in [-0.2, -0.15) is 0 Å². The van der Waals surface area contributed by atoms with Crippen LogP contribution in [-0.4, -0.2) is 9.55 Å². The van der Waals surface area contributed by atoms with Crippen LogP contribution in [0.2, 0.25) is 0 Å². The van der Waals surface area contributed by atoms with Gasteiger partial charge in [0.1, 0.15) is 5.82 Å². The van der Waals surface area contributed by atoms with Gasteiger partial charge in [0.05, 0.1) is 17.1 Å². The van der Waals surface area contributed by atoms with Crippen molar-refractivity contribution in [3.8, 4) is 0 Å². The molecule has 0 aliphatic rings. The van der Waals surface area contributed by atoms with Gasteiger partial charge in [-0.05, 0) is 18.1 Å². The number of nitrogens with two attached hydrogens (primary N) is 1. The molecule has 2 N–H and O–H groups in total. The number of nitrogens with zero attached hydrogens (tertiary/aromatic N) is 2. The number of benzene rings is 1. The fourth-order valence-corrected chi connectivity index (χ4v) is 1.76. The molecule has 0 aliphatic heterocycles. The summed E-state index contributed by atoms with van der Waals surface area (Å²) in [4.78, 5) is 4.57. The molecule has 0 unspecified atom stereocenters. The lowest BCUT2D eigenvalue weighted by Gasteiger charge is -2.14. The minimum atomic E-state index is 0.00222. The predicted molar refractivity (Wildman–Crippen MR) is 62.5 cm³/mol. The standard InChI is InChI=1S/C12H17N3/c1-8(2)11(13)12-14-9-6-4-5-7-10(9)15(12)3/h4-8,11H,13H2,1-3H3/t11-/m0/s1. The Labute approximate surface area is 89.9 Å². The van der Waals surface area contributed by atoms with Gasteiger partial charge in [0.2, 0.25) is 0 Å². The van der Waals surface area contributed by atoms with Crippen molar-refractivity contribution in [3.63, 3.8) is 0 Å². The largest absolute Gasteiger partial charge is 0.330 e. The smallest absolute Gasteiger partial charge is 0.126 e. The first-order valence-electron chi connectivity index (χ1n) is 5.28. The molecule has 80 valence electrons. The van der Waals surface area contributed by atoms with Gasteiger partial charge in [0.15, 0.2) is 0 Å². The van der Waals surface area contributed by atoms with Gasteiger partial charge >= 0.3 is 0 Å². The van der Waals surface area contributed by atoms with Gasteiger partial charge in [-0.3, -0.25) is 0 Å². The Morgan fingerprint density at radius 1 is 1.27 bits per heavy atom. The van der Waals surface area contributed by atoms with E-state index in [1.165, 1.54) is 0 Å². The van der Waals surface area contributed by atoms with E-state index in [1.54, 1.807) is 0 Å². The van der Waals surface area contributed by atoms with E-state index in [-0.39, 0.29) is 6.04 Å². The molecule has 3 nitrogen and oxygen atoms in total. The highest BCUT2D eigenvalue weighted by atomic mass is 15.1. The summed E-state index contributed by atoms with van der Waals surface area (Å²) in [5.41, 5.74) is 8.28. The van der Waals surface area contributed by atoms with Crippen LogP contribution in [0.3, 0.4) is 0 Å². The van der Waals surface area contributed by atoms with Crippen molar-refractivity contribution in [2.45, 2.75) is 19.9 Å². The fraction of sp³-hybridized carbons (Fsp3) is 0.417. The quantitative estimate of drug-likeness (QED) is 0.813. The summed E-state index contributed by atoms with van der Waals surface area (Å²) in [6.07, 6.45) is 0. The molecule has 1 atom stereocenters. The third-order valence-corrected chi connectivity index (χ3v) is 2.84. The summed E-state index contributed by atoms with van der Waals surface area (Å²) in [7, 11) is 2.02. The molecule has 0 saturated heterocycles. The first kappa shape index (κ1) is 10.2. The van der Waals surface area contributed by atoms with Crippen molar-refractivity contribution in [2.24, 2.45) is 18.7 Å². The normalized spacial score (nSPS) is 13.7. The molecule has 15 heavy (non-hydrogen) atoms. The Morgan fingerprint density at radius 2 is 1.93 bits per heavy atom. The van der Waals surface area contributed by atoms with E-state index in [2.05, 4.69) is 29.5 Å². The van der Waals surface area contributed by atoms with Crippen LogP contribution >= 0.6 is 0 Å². The Kier molecular flexibility index (Phi) is 2.49. The summed E-state index contributed by atoms with van der Waals surface area (Å²) >= 11 is 0. The number of rotatable bonds is 2. The minimum absolute atomic E-state index is 0.00222. The van der Waals surface area contributed by atoms with Crippen molar-refractivity contribution in [1.29, 1.82) is 0 Å². The number of imidazole rings is 1. The van der Waals surface area contributed by atoms with E-state index in [9.17, 15) is 0 Å². The van der Waals surface area contributed by atoms with E-state index < -0.39 is 0 Å². The van der Waals surface area contributed by atoms with Crippen LogP contribution in [-0.2, 0) is 7.05 Å². The minimum Gasteiger partial charge on any atom is -0.330 e. The molecule has 0 bridgehead atoms. The maximum atomic E-state index is 6.12. The highest BCUT2D eigenvalue weighted by Crippen LogP contribution is 2.22. The number of fused-ring (bicyclic) bond motifs is 1. The van der Waals surface area contributed by atoms with Gasteiger partial charge in [-0.1, -0.05) is 26.0 Å². The summed E-state index contributed by atoms with van der Waals surface area (Å²) in [6.45, 7) is 4.23. The van der Waals surface area contributed by atoms with Crippen LogP contribution in [0.5, 0.6) is 0 Å². The van der Waals surface area contributed by atoms with Crippen LogP contribution in [0.1, 0.15) is 25.7 Å². The third-order valence-electron chi connectivity index (χ3n) is 2.84. The maximum Gasteiger partial charge on any atom is 0.126 e. The molecular weight excluding hydrogens is 186 g/mol. The molecule has 1 aromatic heterocycles. The second kappa shape index (κ2) is 3.66. The van der Waals surface area contributed by atoms with Crippen LogP contribution < -0.4 is 5.73 Å². The molecule has 0 saturated carbocycles. The number of para-hydroxylation sites is 2. The van der Waals surface area contributed by atoms with Crippen molar-refractivity contribution in [3.05, 3.63) is 30.1 Å². The lowest BCUT2D eigenvalue weighted by molar-refractivity contribution is 0.480. The lowest BCUT2D eigenvalue weighted by atomic mass is 10.1. The van der Waals surface area contributed by atoms with Crippen LogP contribution in [0, 0.1) is 5.92 Å². The average Bonchev–Trinajstić information content (AvgIpc) is 2.56. The molecule has 1 heterocycles. The zero-order valence-electron chi connectivity index (χ0n) is 9.44. The highest BCUT2D eigenvalue weighted by molar-refractivity contribution is 5.75. The molecule has 2 aromatic rings. The van der Waals surface area contributed by atoms with E-state index in [1.807, 2.05) is 25.2 Å². The summed E-state index contributed by atoms with van der Waals surface area (Å²) in [5, 5.41) is 0. The van der Waals surface area contributed by atoms with E-state index >= 15 is 0 Å². The number of hydrogen-bond donors (Lipinski definition) is 1. The van der Waals surface area contributed by atoms with E-state index in [0.29, 0.717) is 5.92 Å². The van der Waals surface area contributed by atoms with Gasteiger partial charge in [-0.25, -0.2) is 4.98 Å². The van der Waals surface area contributed by atoms with Crippen LogP contribution in [0.4, 0.5) is 0 Å². The molecule has 1 aromatic carbocycles. The SMILES string of the molecule is CC(C)[C@H](N)c1nc2ccccc2n1C. The molecular formula is C12H17N3. The zero-order valence-corrected chi connectivity index (χ0v) is 9.44. The van der Waals surface area contributed by atoms with Gasteiger partial charge < -0.3 is 10.3 Å². The molecule has 0 spiro atoms. The van der Waals surface area contributed by atoms with E-state index in [4.69, 9.17) is 5.73 Å². The fourth-order valence-electron chi connectivity index (χ4n) is 1.76. The number of aromatic nitrogens is 2. The summed E-state index contributed by atoms with van der Waals surface area (Å²) < 4.78 is 2.08. The molecule has 0 radical (unpaired) electrons. The maximum absolute atomic E-state index is 6.12. The second-order valence-corrected chi connectivity index (χ2v) is 4.29. The zero-order chi connectivity index (χ0) is 11.0. The second-order valence-electron chi connectivity index (χ2n) is 4.29. The highest BCUT2D eigenvalue weighted by Gasteiger charge is 2.17. The van der Waals surface area contributed by atoms with Gasteiger partial charge in [0, 0.05) is 7.05 Å². The van der Waals surface area contributed by atoms with Gasteiger partial charge in [-0.15, -0.1) is 0 Å². The first-order chi connectivity index (χ1) is 7.11. The number of aryl methyl sites for hydroxylation is 1.